The number of likely N-dealkylation sites (tertiary alicyclic amines) is 1. The highest BCUT2D eigenvalue weighted by atomic mass is 16.5. The van der Waals surface area contributed by atoms with Crippen LogP contribution < -0.4 is 0 Å². The quantitative estimate of drug-likeness (QED) is 0.820. The van der Waals surface area contributed by atoms with Crippen molar-refractivity contribution in [2.75, 3.05) is 46.1 Å². The Kier molecular flexibility index (Phi) is 5.12. The Morgan fingerprint density at radius 1 is 1.12 bits per heavy atom. The third-order valence-corrected chi connectivity index (χ3v) is 5.57. The van der Waals surface area contributed by atoms with Gasteiger partial charge >= 0.3 is 0 Å². The van der Waals surface area contributed by atoms with Crippen LogP contribution >= 0.6 is 0 Å². The molecule has 3 unspecified atom stereocenters. The molecule has 3 saturated heterocycles. The van der Waals surface area contributed by atoms with Crippen molar-refractivity contribution in [3.8, 4) is 0 Å². The van der Waals surface area contributed by atoms with E-state index in [1.165, 1.54) is 6.42 Å². The van der Waals surface area contributed by atoms with Crippen LogP contribution in [-0.4, -0.2) is 78.1 Å². The Balaban J connectivity index is 1.34. The SMILES string of the molecule is CC1CC(N2CCOCC2)CN1Cc1nnc(C2CCCOC2)o1. The monoisotopic (exact) mass is 336 g/mol. The Bertz CT molecular complexity index is 526. The Hall–Kier alpha value is -1.02. The van der Waals surface area contributed by atoms with Crippen molar-refractivity contribution in [2.45, 2.75) is 50.7 Å². The maximum Gasteiger partial charge on any atom is 0.230 e. The second kappa shape index (κ2) is 7.47. The van der Waals surface area contributed by atoms with E-state index in [1.54, 1.807) is 0 Å². The number of aromatic nitrogens is 2. The standard InChI is InChI=1S/C17H28N4O3/c1-13-9-15(20-4-7-22-8-5-20)10-21(13)11-16-18-19-17(24-16)14-3-2-6-23-12-14/h13-15H,2-12H2,1H3. The molecular formula is C17H28N4O3. The van der Waals surface area contributed by atoms with E-state index in [1.807, 2.05) is 0 Å². The first-order valence-electron chi connectivity index (χ1n) is 9.25. The number of ether oxygens (including phenoxy) is 2. The molecule has 0 amide bonds. The van der Waals surface area contributed by atoms with E-state index in [4.69, 9.17) is 13.9 Å². The first-order valence-corrected chi connectivity index (χ1v) is 9.25. The highest BCUT2D eigenvalue weighted by Crippen LogP contribution is 2.27. The van der Waals surface area contributed by atoms with Crippen LogP contribution in [0.2, 0.25) is 0 Å². The van der Waals surface area contributed by atoms with Crippen LogP contribution in [0.1, 0.15) is 43.9 Å². The van der Waals surface area contributed by atoms with Crippen molar-refractivity contribution >= 4 is 0 Å². The van der Waals surface area contributed by atoms with Gasteiger partial charge in [-0.1, -0.05) is 0 Å². The van der Waals surface area contributed by atoms with Gasteiger partial charge in [0.15, 0.2) is 0 Å². The molecule has 1 aromatic rings. The topological polar surface area (TPSA) is 63.9 Å². The molecule has 3 aliphatic heterocycles. The van der Waals surface area contributed by atoms with E-state index in [0.717, 1.165) is 70.6 Å². The van der Waals surface area contributed by atoms with Gasteiger partial charge in [-0.15, -0.1) is 10.2 Å². The largest absolute Gasteiger partial charge is 0.423 e. The number of hydrogen-bond acceptors (Lipinski definition) is 7. The van der Waals surface area contributed by atoms with Gasteiger partial charge in [0, 0.05) is 38.3 Å². The van der Waals surface area contributed by atoms with Gasteiger partial charge in [-0.05, 0) is 26.2 Å². The van der Waals surface area contributed by atoms with E-state index >= 15 is 0 Å². The molecule has 134 valence electrons. The van der Waals surface area contributed by atoms with Gasteiger partial charge in [0.2, 0.25) is 11.8 Å². The van der Waals surface area contributed by atoms with Crippen LogP contribution in [-0.2, 0) is 16.0 Å². The molecule has 7 nitrogen and oxygen atoms in total. The van der Waals surface area contributed by atoms with Gasteiger partial charge in [-0.2, -0.15) is 0 Å². The summed E-state index contributed by atoms with van der Waals surface area (Å²) in [7, 11) is 0. The van der Waals surface area contributed by atoms with E-state index < -0.39 is 0 Å². The maximum absolute atomic E-state index is 5.94. The lowest BCUT2D eigenvalue weighted by atomic mass is 10.0. The van der Waals surface area contributed by atoms with Crippen molar-refractivity contribution in [3.05, 3.63) is 11.8 Å². The van der Waals surface area contributed by atoms with Crippen molar-refractivity contribution in [1.29, 1.82) is 0 Å². The third-order valence-electron chi connectivity index (χ3n) is 5.57. The third kappa shape index (κ3) is 3.64. The zero-order valence-electron chi connectivity index (χ0n) is 14.5. The molecule has 0 N–H and O–H groups in total. The molecule has 4 heterocycles. The lowest BCUT2D eigenvalue weighted by molar-refractivity contribution is 0.0182. The van der Waals surface area contributed by atoms with E-state index in [-0.39, 0.29) is 5.92 Å². The fourth-order valence-electron chi connectivity index (χ4n) is 4.10. The summed E-state index contributed by atoms with van der Waals surface area (Å²) in [5.74, 6) is 1.77. The van der Waals surface area contributed by atoms with Crippen molar-refractivity contribution < 1.29 is 13.9 Å². The average Bonchev–Trinajstić information content (AvgIpc) is 3.24. The van der Waals surface area contributed by atoms with Gasteiger partial charge in [0.25, 0.3) is 0 Å². The lowest BCUT2D eigenvalue weighted by Crippen LogP contribution is -2.44. The maximum atomic E-state index is 5.94. The molecule has 4 rings (SSSR count). The molecule has 7 heteroatoms. The van der Waals surface area contributed by atoms with Gasteiger partial charge in [-0.25, -0.2) is 0 Å². The minimum atomic E-state index is 0.275. The van der Waals surface area contributed by atoms with Gasteiger partial charge in [0.05, 0.1) is 32.3 Å². The minimum Gasteiger partial charge on any atom is -0.423 e. The van der Waals surface area contributed by atoms with Crippen LogP contribution in [0.25, 0.3) is 0 Å². The van der Waals surface area contributed by atoms with E-state index in [0.29, 0.717) is 18.7 Å². The van der Waals surface area contributed by atoms with Crippen LogP contribution in [0, 0.1) is 0 Å². The zero-order valence-corrected chi connectivity index (χ0v) is 14.5. The van der Waals surface area contributed by atoms with Gasteiger partial charge < -0.3 is 13.9 Å². The second-order valence-corrected chi connectivity index (χ2v) is 7.26. The van der Waals surface area contributed by atoms with Crippen LogP contribution in [0.5, 0.6) is 0 Å². The van der Waals surface area contributed by atoms with Crippen molar-refractivity contribution in [2.24, 2.45) is 0 Å². The zero-order chi connectivity index (χ0) is 16.4. The minimum absolute atomic E-state index is 0.275. The number of nitrogens with zero attached hydrogens (tertiary/aromatic N) is 4. The van der Waals surface area contributed by atoms with Crippen molar-refractivity contribution in [3.63, 3.8) is 0 Å². The normalized spacial score (nSPS) is 33.1. The summed E-state index contributed by atoms with van der Waals surface area (Å²) in [6.07, 6.45) is 3.37. The summed E-state index contributed by atoms with van der Waals surface area (Å²) < 4.78 is 16.9. The Morgan fingerprint density at radius 2 is 2.00 bits per heavy atom. The summed E-state index contributed by atoms with van der Waals surface area (Å²) in [6.45, 7) is 9.52. The molecule has 0 aromatic carbocycles. The highest BCUT2D eigenvalue weighted by molar-refractivity contribution is 4.95. The molecule has 0 saturated carbocycles. The molecule has 1 aromatic heterocycles. The summed E-state index contributed by atoms with van der Waals surface area (Å²) in [4.78, 5) is 5.04. The van der Waals surface area contributed by atoms with Gasteiger partial charge in [-0.3, -0.25) is 9.80 Å². The molecule has 0 bridgehead atoms. The second-order valence-electron chi connectivity index (χ2n) is 7.26. The van der Waals surface area contributed by atoms with Crippen LogP contribution in [0.15, 0.2) is 4.42 Å². The van der Waals surface area contributed by atoms with Crippen molar-refractivity contribution in [1.82, 2.24) is 20.0 Å². The summed E-state index contributed by atoms with van der Waals surface area (Å²) in [5, 5.41) is 8.54. The predicted octanol–water partition coefficient (Wildman–Crippen LogP) is 1.26. The Morgan fingerprint density at radius 3 is 2.79 bits per heavy atom. The summed E-state index contributed by atoms with van der Waals surface area (Å²) in [6, 6.07) is 1.17. The van der Waals surface area contributed by atoms with E-state index in [2.05, 4.69) is 26.9 Å². The molecule has 3 fully saturated rings. The molecular weight excluding hydrogens is 308 g/mol. The molecule has 3 atom stereocenters. The molecule has 0 aliphatic carbocycles. The summed E-state index contributed by atoms with van der Waals surface area (Å²) in [5.41, 5.74) is 0. The molecule has 24 heavy (non-hydrogen) atoms. The molecule has 3 aliphatic rings. The highest BCUT2D eigenvalue weighted by Gasteiger charge is 2.34. The first kappa shape index (κ1) is 16.4. The fraction of sp³-hybridized carbons (Fsp3) is 0.882. The molecule has 0 spiro atoms. The summed E-state index contributed by atoms with van der Waals surface area (Å²) >= 11 is 0. The number of morpholine rings is 1. The van der Waals surface area contributed by atoms with Crippen LogP contribution in [0.4, 0.5) is 0 Å². The molecule has 0 radical (unpaired) electrons. The smallest absolute Gasteiger partial charge is 0.230 e. The predicted molar refractivity (Wildman–Crippen MR) is 87.8 cm³/mol. The van der Waals surface area contributed by atoms with Crippen LogP contribution in [0.3, 0.4) is 0 Å². The average molecular weight is 336 g/mol. The van der Waals surface area contributed by atoms with Gasteiger partial charge in [0.1, 0.15) is 0 Å². The lowest BCUT2D eigenvalue weighted by Gasteiger charge is -2.32. The van der Waals surface area contributed by atoms with E-state index in [9.17, 15) is 0 Å². The first-order chi connectivity index (χ1) is 11.8. The fourth-order valence-corrected chi connectivity index (χ4v) is 4.10. The number of rotatable bonds is 4. The number of hydrogen-bond donors (Lipinski definition) is 0. The Labute approximate surface area is 143 Å².